The zero-order chi connectivity index (χ0) is 24.7. The molecular formula is C23H20ClF3N4O3. The van der Waals surface area contributed by atoms with Gasteiger partial charge in [-0.15, -0.1) is 0 Å². The maximum atomic E-state index is 13.4. The summed E-state index contributed by atoms with van der Waals surface area (Å²) in [7, 11) is 3.07. The highest BCUT2D eigenvalue weighted by Gasteiger charge is 2.40. The summed E-state index contributed by atoms with van der Waals surface area (Å²) in [5.41, 5.74) is -2.24. The smallest absolute Gasteiger partial charge is 0.433 e. The number of alkyl halides is 3. The fourth-order valence-electron chi connectivity index (χ4n) is 3.80. The Morgan fingerprint density at radius 1 is 1.15 bits per heavy atom. The molecule has 0 aliphatic rings. The number of aryl methyl sites for hydroxylation is 1. The van der Waals surface area contributed by atoms with Crippen LogP contribution in [0.2, 0.25) is 5.02 Å². The van der Waals surface area contributed by atoms with Crippen LogP contribution in [0, 0.1) is 0 Å². The number of hydrogen-bond donors (Lipinski definition) is 1. The second kappa shape index (κ2) is 8.77. The monoisotopic (exact) mass is 492 g/mol. The molecular weight excluding hydrogens is 473 g/mol. The van der Waals surface area contributed by atoms with E-state index in [9.17, 15) is 18.3 Å². The van der Waals surface area contributed by atoms with Crippen molar-refractivity contribution in [3.63, 3.8) is 0 Å². The van der Waals surface area contributed by atoms with Gasteiger partial charge in [0.15, 0.2) is 5.60 Å². The van der Waals surface area contributed by atoms with Gasteiger partial charge in [-0.2, -0.15) is 13.2 Å². The molecule has 1 unspecified atom stereocenters. The fraction of sp³-hybridized carbons (Fsp3) is 0.261. The highest BCUT2D eigenvalue weighted by molar-refractivity contribution is 6.37. The maximum absolute atomic E-state index is 13.4. The quantitative estimate of drug-likeness (QED) is 0.419. The van der Waals surface area contributed by atoms with Gasteiger partial charge in [0.05, 0.1) is 42.5 Å². The molecule has 0 amide bonds. The molecule has 4 aromatic rings. The van der Waals surface area contributed by atoms with Crippen LogP contribution in [0.1, 0.15) is 29.4 Å². The molecule has 1 atom stereocenters. The standard InChI is InChI=1S/C23H20ClF3N4O3/c1-4-34-20-19(24)15-9-13(5-6-16(15)30-21(20)33-3)22(32,18-11-28-12-31(18)2)14-7-8-29-17(10-14)23(25,26)27/h5-12,32H,4H2,1-3H3. The zero-order valence-corrected chi connectivity index (χ0v) is 19.1. The van der Waals surface area contributed by atoms with Crippen molar-refractivity contribution in [2.75, 3.05) is 13.7 Å². The van der Waals surface area contributed by atoms with E-state index < -0.39 is 17.5 Å². The summed E-state index contributed by atoms with van der Waals surface area (Å²) in [6, 6.07) is 6.87. The van der Waals surface area contributed by atoms with E-state index in [1.165, 1.54) is 30.3 Å². The van der Waals surface area contributed by atoms with Gasteiger partial charge in [0.25, 0.3) is 5.88 Å². The van der Waals surface area contributed by atoms with Gasteiger partial charge in [0, 0.05) is 18.6 Å². The van der Waals surface area contributed by atoms with Gasteiger partial charge in [-0.1, -0.05) is 17.7 Å². The lowest BCUT2D eigenvalue weighted by atomic mass is 9.83. The van der Waals surface area contributed by atoms with Gasteiger partial charge in [0.1, 0.15) is 5.69 Å². The van der Waals surface area contributed by atoms with Gasteiger partial charge >= 0.3 is 6.18 Å². The number of benzene rings is 1. The Balaban J connectivity index is 2.01. The largest absolute Gasteiger partial charge is 0.487 e. The van der Waals surface area contributed by atoms with Crippen LogP contribution in [0.3, 0.4) is 0 Å². The van der Waals surface area contributed by atoms with Crippen LogP contribution in [0.5, 0.6) is 11.6 Å². The van der Waals surface area contributed by atoms with E-state index in [1.807, 2.05) is 0 Å². The number of imidazole rings is 1. The van der Waals surface area contributed by atoms with Gasteiger partial charge in [-0.3, -0.25) is 4.98 Å². The number of aromatic nitrogens is 4. The highest BCUT2D eigenvalue weighted by atomic mass is 35.5. The topological polar surface area (TPSA) is 82.3 Å². The van der Waals surface area contributed by atoms with E-state index in [-0.39, 0.29) is 33.5 Å². The molecule has 3 heterocycles. The number of rotatable bonds is 6. The fourth-order valence-corrected chi connectivity index (χ4v) is 4.08. The lowest BCUT2D eigenvalue weighted by Crippen LogP contribution is -2.31. The molecule has 7 nitrogen and oxygen atoms in total. The van der Waals surface area contributed by atoms with E-state index in [2.05, 4.69) is 15.0 Å². The number of fused-ring (bicyclic) bond motifs is 1. The average molecular weight is 493 g/mol. The van der Waals surface area contributed by atoms with E-state index in [0.29, 0.717) is 17.5 Å². The summed E-state index contributed by atoms with van der Waals surface area (Å²) in [6.45, 7) is 2.08. The number of aliphatic hydroxyl groups is 1. The Bertz CT molecular complexity index is 1360. The van der Waals surface area contributed by atoms with E-state index in [0.717, 1.165) is 12.3 Å². The molecule has 0 spiro atoms. The Morgan fingerprint density at radius 2 is 1.88 bits per heavy atom. The number of halogens is 4. The third-order valence-electron chi connectivity index (χ3n) is 5.40. The predicted octanol–water partition coefficient (Wildman–Crippen LogP) is 4.73. The molecule has 0 radical (unpaired) electrons. The second-order valence-electron chi connectivity index (χ2n) is 7.46. The first kappa shape index (κ1) is 23.8. The van der Waals surface area contributed by atoms with Gasteiger partial charge in [0.2, 0.25) is 5.75 Å². The van der Waals surface area contributed by atoms with Crippen LogP contribution in [0.25, 0.3) is 10.9 Å². The molecule has 0 saturated heterocycles. The van der Waals surface area contributed by atoms with Crippen LogP contribution in [-0.4, -0.2) is 38.3 Å². The number of methoxy groups -OCH3 is 1. The van der Waals surface area contributed by atoms with Gasteiger partial charge in [-0.25, -0.2) is 9.97 Å². The van der Waals surface area contributed by atoms with Crippen LogP contribution in [0.15, 0.2) is 49.1 Å². The molecule has 0 fully saturated rings. The van der Waals surface area contributed by atoms with Gasteiger partial charge < -0.3 is 19.1 Å². The van der Waals surface area contributed by atoms with Crippen molar-refractivity contribution < 1.29 is 27.8 Å². The lowest BCUT2D eigenvalue weighted by molar-refractivity contribution is -0.141. The molecule has 0 bridgehead atoms. The molecule has 34 heavy (non-hydrogen) atoms. The van der Waals surface area contributed by atoms with Crippen LogP contribution >= 0.6 is 11.6 Å². The Hall–Kier alpha value is -3.37. The molecule has 11 heteroatoms. The Morgan fingerprint density at radius 3 is 2.50 bits per heavy atom. The van der Waals surface area contributed by atoms with Crippen LogP contribution in [0.4, 0.5) is 13.2 Å². The molecule has 178 valence electrons. The molecule has 0 saturated carbocycles. The molecule has 1 N–H and O–H groups in total. The summed E-state index contributed by atoms with van der Waals surface area (Å²) < 4.78 is 52.6. The highest BCUT2D eigenvalue weighted by Crippen LogP contribution is 2.43. The Kier molecular flexibility index (Phi) is 6.13. The summed E-state index contributed by atoms with van der Waals surface area (Å²) in [6.07, 6.45) is -0.854. The van der Waals surface area contributed by atoms with Gasteiger partial charge in [-0.05, 0) is 42.3 Å². The van der Waals surface area contributed by atoms with Crippen molar-refractivity contribution in [1.82, 2.24) is 19.5 Å². The van der Waals surface area contributed by atoms with Crippen molar-refractivity contribution in [2.45, 2.75) is 18.7 Å². The first-order chi connectivity index (χ1) is 16.1. The number of nitrogens with zero attached hydrogens (tertiary/aromatic N) is 4. The normalized spacial score (nSPS) is 13.6. The lowest BCUT2D eigenvalue weighted by Gasteiger charge is -2.30. The average Bonchev–Trinajstić information content (AvgIpc) is 3.26. The third kappa shape index (κ3) is 3.92. The van der Waals surface area contributed by atoms with Crippen molar-refractivity contribution in [3.05, 3.63) is 76.6 Å². The van der Waals surface area contributed by atoms with Crippen LogP contribution in [-0.2, 0) is 18.8 Å². The predicted molar refractivity (Wildman–Crippen MR) is 119 cm³/mol. The minimum absolute atomic E-state index is 0.0413. The molecule has 4 rings (SSSR count). The summed E-state index contributed by atoms with van der Waals surface area (Å²) >= 11 is 6.61. The first-order valence-corrected chi connectivity index (χ1v) is 10.5. The molecule has 1 aromatic carbocycles. The van der Waals surface area contributed by atoms with E-state index in [1.54, 1.807) is 32.2 Å². The number of ether oxygens (including phenoxy) is 2. The Labute approximate surface area is 197 Å². The van der Waals surface area contributed by atoms with E-state index in [4.69, 9.17) is 21.1 Å². The first-order valence-electron chi connectivity index (χ1n) is 10.1. The summed E-state index contributed by atoms with van der Waals surface area (Å²) in [5, 5.41) is 12.7. The molecule has 3 aromatic heterocycles. The third-order valence-corrected chi connectivity index (χ3v) is 5.78. The van der Waals surface area contributed by atoms with E-state index >= 15 is 0 Å². The minimum Gasteiger partial charge on any atom is -0.487 e. The summed E-state index contributed by atoms with van der Waals surface area (Å²) in [4.78, 5) is 11.9. The summed E-state index contributed by atoms with van der Waals surface area (Å²) in [5.74, 6) is 0.418. The van der Waals surface area contributed by atoms with Crippen molar-refractivity contribution in [2.24, 2.45) is 7.05 Å². The SMILES string of the molecule is CCOc1c(OC)nc2ccc(C(O)(c3ccnc(C(F)(F)F)c3)c3cncn3C)cc2c1Cl. The zero-order valence-electron chi connectivity index (χ0n) is 18.4. The second-order valence-corrected chi connectivity index (χ2v) is 7.83. The number of pyridine rings is 2. The molecule has 0 aliphatic carbocycles. The molecule has 0 aliphatic heterocycles. The minimum atomic E-state index is -4.69. The van der Waals surface area contributed by atoms with Crippen molar-refractivity contribution in [3.8, 4) is 11.6 Å². The van der Waals surface area contributed by atoms with Crippen molar-refractivity contribution in [1.29, 1.82) is 0 Å². The maximum Gasteiger partial charge on any atom is 0.433 e. The number of hydrogen-bond acceptors (Lipinski definition) is 6. The van der Waals surface area contributed by atoms with Crippen molar-refractivity contribution >= 4 is 22.5 Å². The van der Waals surface area contributed by atoms with Crippen LogP contribution < -0.4 is 9.47 Å².